The number of benzene rings is 1. The van der Waals surface area contributed by atoms with Crippen LogP contribution >= 0.6 is 11.8 Å². The maximum atomic E-state index is 11.4. The fraction of sp³-hybridized carbons (Fsp3) is 0.300. The summed E-state index contributed by atoms with van der Waals surface area (Å²) in [5.41, 5.74) is 0.510. The van der Waals surface area contributed by atoms with Crippen LogP contribution in [0.1, 0.15) is 17.3 Å². The minimum atomic E-state index is -0.262. The second kappa shape index (κ2) is 4.92. The van der Waals surface area contributed by atoms with Crippen LogP contribution in [0.5, 0.6) is 0 Å². The lowest BCUT2D eigenvalue weighted by atomic mass is 10.2. The standard InChI is InChI=1S/C10H12O2S/c1-8(13-2)12-10(11)9-6-4-3-5-7-9/h3-8H,1-2H3. The summed E-state index contributed by atoms with van der Waals surface area (Å²) in [6.45, 7) is 1.85. The maximum Gasteiger partial charge on any atom is 0.339 e. The first-order chi connectivity index (χ1) is 6.24. The maximum absolute atomic E-state index is 11.4. The summed E-state index contributed by atoms with van der Waals surface area (Å²) in [5.74, 6) is -0.262. The van der Waals surface area contributed by atoms with Gasteiger partial charge in [0.15, 0.2) is 0 Å². The molecule has 2 nitrogen and oxygen atoms in total. The van der Waals surface area contributed by atoms with Gasteiger partial charge in [-0.3, -0.25) is 0 Å². The Bertz CT molecular complexity index is 272. The van der Waals surface area contributed by atoms with Gasteiger partial charge < -0.3 is 4.74 Å². The van der Waals surface area contributed by atoms with E-state index in [2.05, 4.69) is 0 Å². The van der Waals surface area contributed by atoms with Gasteiger partial charge in [0.25, 0.3) is 0 Å². The molecule has 13 heavy (non-hydrogen) atoms. The Hall–Kier alpha value is -0.960. The highest BCUT2D eigenvalue weighted by atomic mass is 32.2. The Morgan fingerprint density at radius 1 is 1.38 bits per heavy atom. The zero-order valence-corrected chi connectivity index (χ0v) is 8.51. The van der Waals surface area contributed by atoms with Crippen molar-refractivity contribution in [2.75, 3.05) is 6.26 Å². The third-order valence-corrected chi connectivity index (χ3v) is 2.37. The molecule has 0 aromatic heterocycles. The van der Waals surface area contributed by atoms with E-state index in [-0.39, 0.29) is 11.4 Å². The molecule has 0 saturated carbocycles. The van der Waals surface area contributed by atoms with E-state index >= 15 is 0 Å². The SMILES string of the molecule is CSC(C)OC(=O)c1ccccc1. The molecule has 0 radical (unpaired) electrons. The Balaban J connectivity index is 2.59. The highest BCUT2D eigenvalue weighted by molar-refractivity contribution is 7.99. The largest absolute Gasteiger partial charge is 0.448 e. The Morgan fingerprint density at radius 3 is 2.54 bits per heavy atom. The molecule has 1 rings (SSSR count). The predicted octanol–water partition coefficient (Wildman–Crippen LogP) is 2.55. The Morgan fingerprint density at radius 2 is 2.00 bits per heavy atom. The van der Waals surface area contributed by atoms with E-state index < -0.39 is 0 Å². The van der Waals surface area contributed by atoms with Crippen molar-refractivity contribution in [2.45, 2.75) is 12.4 Å². The lowest BCUT2D eigenvalue weighted by molar-refractivity contribution is 0.0482. The molecular formula is C10H12O2S. The monoisotopic (exact) mass is 196 g/mol. The highest BCUT2D eigenvalue weighted by Crippen LogP contribution is 2.10. The van der Waals surface area contributed by atoms with Gasteiger partial charge in [0, 0.05) is 0 Å². The number of carbonyl (C=O) groups is 1. The van der Waals surface area contributed by atoms with Gasteiger partial charge >= 0.3 is 5.97 Å². The molecule has 1 aromatic rings. The molecule has 0 aliphatic carbocycles. The summed E-state index contributed by atoms with van der Waals surface area (Å²) in [6.07, 6.45) is 1.91. The summed E-state index contributed by atoms with van der Waals surface area (Å²) < 4.78 is 5.11. The number of ether oxygens (including phenoxy) is 1. The van der Waals surface area contributed by atoms with Crippen molar-refractivity contribution in [3.8, 4) is 0 Å². The summed E-state index contributed by atoms with van der Waals surface area (Å²) in [6, 6.07) is 9.00. The quantitative estimate of drug-likeness (QED) is 0.549. The van der Waals surface area contributed by atoms with Gasteiger partial charge in [-0.15, -0.1) is 11.8 Å². The molecule has 0 amide bonds. The van der Waals surface area contributed by atoms with Crippen LogP contribution in [0.4, 0.5) is 0 Å². The zero-order valence-electron chi connectivity index (χ0n) is 7.69. The zero-order chi connectivity index (χ0) is 9.68. The highest BCUT2D eigenvalue weighted by Gasteiger charge is 2.09. The van der Waals surface area contributed by atoms with E-state index in [0.717, 1.165) is 0 Å². The third-order valence-electron chi connectivity index (χ3n) is 1.61. The fourth-order valence-corrected chi connectivity index (χ4v) is 1.02. The van der Waals surface area contributed by atoms with Crippen LogP contribution in [0.3, 0.4) is 0 Å². The van der Waals surface area contributed by atoms with Crippen LogP contribution in [0.2, 0.25) is 0 Å². The van der Waals surface area contributed by atoms with Crippen molar-refractivity contribution >= 4 is 17.7 Å². The fourth-order valence-electron chi connectivity index (χ4n) is 0.841. The van der Waals surface area contributed by atoms with E-state index in [1.54, 1.807) is 12.1 Å². The van der Waals surface area contributed by atoms with Crippen LogP contribution in [0.15, 0.2) is 30.3 Å². The van der Waals surface area contributed by atoms with E-state index in [1.807, 2.05) is 31.4 Å². The van der Waals surface area contributed by atoms with Crippen LogP contribution in [-0.4, -0.2) is 17.7 Å². The molecule has 0 heterocycles. The summed E-state index contributed by atoms with van der Waals surface area (Å²) in [4.78, 5) is 11.4. The van der Waals surface area contributed by atoms with Crippen molar-refractivity contribution in [2.24, 2.45) is 0 Å². The molecule has 70 valence electrons. The van der Waals surface area contributed by atoms with Gasteiger partial charge in [-0.1, -0.05) is 18.2 Å². The van der Waals surface area contributed by atoms with Crippen LogP contribution in [-0.2, 0) is 4.74 Å². The van der Waals surface area contributed by atoms with Gasteiger partial charge in [0.1, 0.15) is 5.44 Å². The number of rotatable bonds is 3. The average molecular weight is 196 g/mol. The summed E-state index contributed by atoms with van der Waals surface area (Å²) in [5, 5.41) is 0. The number of thioether (sulfide) groups is 1. The lowest BCUT2D eigenvalue weighted by Gasteiger charge is -2.09. The van der Waals surface area contributed by atoms with Gasteiger partial charge in [-0.05, 0) is 25.3 Å². The molecule has 1 aromatic carbocycles. The molecule has 0 spiro atoms. The van der Waals surface area contributed by atoms with E-state index in [0.29, 0.717) is 5.56 Å². The second-order valence-electron chi connectivity index (χ2n) is 2.57. The smallest absolute Gasteiger partial charge is 0.339 e. The molecule has 1 unspecified atom stereocenters. The molecule has 1 atom stereocenters. The molecule has 0 aliphatic rings. The Labute approximate surface area is 82.3 Å². The van der Waals surface area contributed by atoms with E-state index in [9.17, 15) is 4.79 Å². The number of hydrogen-bond acceptors (Lipinski definition) is 3. The van der Waals surface area contributed by atoms with Crippen LogP contribution < -0.4 is 0 Å². The normalized spacial score (nSPS) is 12.2. The summed E-state index contributed by atoms with van der Waals surface area (Å²) in [7, 11) is 0. The molecule has 3 heteroatoms. The van der Waals surface area contributed by atoms with E-state index in [4.69, 9.17) is 4.74 Å². The molecule has 0 N–H and O–H groups in total. The third kappa shape index (κ3) is 3.11. The minimum Gasteiger partial charge on any atom is -0.448 e. The summed E-state index contributed by atoms with van der Waals surface area (Å²) >= 11 is 1.50. The van der Waals surface area contributed by atoms with Crippen molar-refractivity contribution < 1.29 is 9.53 Å². The van der Waals surface area contributed by atoms with Crippen molar-refractivity contribution in [1.29, 1.82) is 0 Å². The Kier molecular flexibility index (Phi) is 3.83. The van der Waals surface area contributed by atoms with Crippen molar-refractivity contribution in [3.05, 3.63) is 35.9 Å². The second-order valence-corrected chi connectivity index (χ2v) is 3.71. The number of esters is 1. The van der Waals surface area contributed by atoms with Crippen LogP contribution in [0.25, 0.3) is 0 Å². The first-order valence-electron chi connectivity index (χ1n) is 4.03. The lowest BCUT2D eigenvalue weighted by Crippen LogP contribution is -2.11. The van der Waals surface area contributed by atoms with Gasteiger partial charge in [-0.25, -0.2) is 4.79 Å². The average Bonchev–Trinajstić information content (AvgIpc) is 2.19. The first kappa shape index (κ1) is 10.1. The van der Waals surface area contributed by atoms with Gasteiger partial charge in [-0.2, -0.15) is 0 Å². The minimum absolute atomic E-state index is 0.0901. The van der Waals surface area contributed by atoms with Crippen molar-refractivity contribution in [3.63, 3.8) is 0 Å². The number of carbonyl (C=O) groups excluding carboxylic acids is 1. The topological polar surface area (TPSA) is 26.3 Å². The number of hydrogen-bond donors (Lipinski definition) is 0. The molecule has 0 bridgehead atoms. The molecule has 0 saturated heterocycles. The van der Waals surface area contributed by atoms with Crippen LogP contribution in [0, 0.1) is 0 Å². The molecule has 0 fully saturated rings. The predicted molar refractivity (Wildman–Crippen MR) is 54.8 cm³/mol. The van der Waals surface area contributed by atoms with E-state index in [1.165, 1.54) is 11.8 Å². The van der Waals surface area contributed by atoms with Crippen molar-refractivity contribution in [1.82, 2.24) is 0 Å². The molecule has 0 aliphatic heterocycles. The van der Waals surface area contributed by atoms with Gasteiger partial charge in [0.2, 0.25) is 0 Å². The molecular weight excluding hydrogens is 184 g/mol. The first-order valence-corrected chi connectivity index (χ1v) is 5.31. The van der Waals surface area contributed by atoms with Gasteiger partial charge in [0.05, 0.1) is 5.56 Å².